The van der Waals surface area contributed by atoms with Gasteiger partial charge in [-0.3, -0.25) is 0 Å². The minimum Gasteiger partial charge on any atom is -0.0876 e. The first kappa shape index (κ1) is 9.46. The minimum absolute atomic E-state index is 0.927. The van der Waals surface area contributed by atoms with E-state index in [1.807, 2.05) is 0 Å². The van der Waals surface area contributed by atoms with Crippen molar-refractivity contribution < 1.29 is 0 Å². The Kier molecular flexibility index (Phi) is 2.89. The molecule has 0 fully saturated rings. The average molecular weight is 347 g/mol. The molecule has 0 bridgehead atoms. The van der Waals surface area contributed by atoms with Gasteiger partial charge in [-0.2, -0.15) is 0 Å². The van der Waals surface area contributed by atoms with E-state index in [2.05, 4.69) is 74.9 Å². The van der Waals surface area contributed by atoms with Gasteiger partial charge in [0.2, 0.25) is 0 Å². The van der Waals surface area contributed by atoms with E-state index in [9.17, 15) is 0 Å². The Balaban J connectivity index is 2.74. The van der Waals surface area contributed by atoms with Crippen molar-refractivity contribution in [2.45, 2.75) is 5.33 Å². The molecule has 2 rings (SSSR count). The van der Waals surface area contributed by atoms with E-state index < -0.39 is 0 Å². The standard InChI is InChI=1S/C11H8BrI/c12-7-10-5-8-3-1-2-4-9(8)6-11(10)13/h1-6H,7H2. The molecule has 66 valence electrons. The summed E-state index contributed by atoms with van der Waals surface area (Å²) in [5.41, 5.74) is 1.36. The summed E-state index contributed by atoms with van der Waals surface area (Å²) in [6.07, 6.45) is 0. The Morgan fingerprint density at radius 2 is 1.69 bits per heavy atom. The van der Waals surface area contributed by atoms with Crippen LogP contribution >= 0.6 is 38.5 Å². The fourth-order valence-corrected chi connectivity index (χ4v) is 3.03. The van der Waals surface area contributed by atoms with Gasteiger partial charge in [0, 0.05) is 8.90 Å². The van der Waals surface area contributed by atoms with Gasteiger partial charge in [-0.15, -0.1) is 0 Å². The lowest BCUT2D eigenvalue weighted by Crippen LogP contribution is -1.84. The molecule has 0 N–H and O–H groups in total. The molecule has 0 aliphatic carbocycles. The Morgan fingerprint density at radius 1 is 1.08 bits per heavy atom. The zero-order chi connectivity index (χ0) is 9.26. The van der Waals surface area contributed by atoms with Crippen molar-refractivity contribution in [3.8, 4) is 0 Å². The molecular weight excluding hydrogens is 339 g/mol. The molecule has 0 heterocycles. The van der Waals surface area contributed by atoms with Crippen LogP contribution < -0.4 is 0 Å². The van der Waals surface area contributed by atoms with Crippen LogP contribution in [-0.4, -0.2) is 0 Å². The molecule has 13 heavy (non-hydrogen) atoms. The highest BCUT2D eigenvalue weighted by Crippen LogP contribution is 2.22. The van der Waals surface area contributed by atoms with Gasteiger partial charge < -0.3 is 0 Å². The van der Waals surface area contributed by atoms with Crippen LogP contribution in [0.4, 0.5) is 0 Å². The van der Waals surface area contributed by atoms with E-state index in [4.69, 9.17) is 0 Å². The maximum absolute atomic E-state index is 3.49. The van der Waals surface area contributed by atoms with Crippen molar-refractivity contribution in [2.24, 2.45) is 0 Å². The molecule has 2 aromatic rings. The molecule has 2 aromatic carbocycles. The number of fused-ring (bicyclic) bond motifs is 1. The quantitative estimate of drug-likeness (QED) is 0.532. The highest BCUT2D eigenvalue weighted by Gasteiger charge is 2.00. The Bertz CT molecular complexity index is 437. The number of rotatable bonds is 1. The van der Waals surface area contributed by atoms with Crippen LogP contribution in [0.15, 0.2) is 36.4 Å². The Hall–Kier alpha value is -0.0900. The predicted octanol–water partition coefficient (Wildman–Crippen LogP) is 4.34. The molecule has 0 aromatic heterocycles. The average Bonchev–Trinajstić information content (AvgIpc) is 2.17. The molecule has 0 unspecified atom stereocenters. The number of benzene rings is 2. The topological polar surface area (TPSA) is 0 Å². The van der Waals surface area contributed by atoms with Crippen molar-refractivity contribution >= 4 is 49.3 Å². The largest absolute Gasteiger partial charge is 0.0876 e. The molecule has 0 radical (unpaired) electrons. The fourth-order valence-electron chi connectivity index (χ4n) is 1.36. The van der Waals surface area contributed by atoms with Crippen molar-refractivity contribution in [2.75, 3.05) is 0 Å². The van der Waals surface area contributed by atoms with Crippen molar-refractivity contribution in [1.29, 1.82) is 0 Å². The van der Waals surface area contributed by atoms with Crippen LogP contribution in [0.2, 0.25) is 0 Å². The van der Waals surface area contributed by atoms with E-state index in [1.54, 1.807) is 0 Å². The van der Waals surface area contributed by atoms with Gasteiger partial charge in [-0.1, -0.05) is 40.2 Å². The van der Waals surface area contributed by atoms with Crippen molar-refractivity contribution in [3.05, 3.63) is 45.5 Å². The zero-order valence-electron chi connectivity index (χ0n) is 6.93. The fraction of sp³-hybridized carbons (Fsp3) is 0.0909. The van der Waals surface area contributed by atoms with E-state index in [0.29, 0.717) is 0 Å². The summed E-state index contributed by atoms with van der Waals surface area (Å²) in [6, 6.07) is 12.9. The lowest BCUT2D eigenvalue weighted by atomic mass is 10.1. The summed E-state index contributed by atoms with van der Waals surface area (Å²) in [5.74, 6) is 0. The van der Waals surface area contributed by atoms with Crippen LogP contribution in [-0.2, 0) is 5.33 Å². The van der Waals surface area contributed by atoms with Gasteiger partial charge in [0.25, 0.3) is 0 Å². The SMILES string of the molecule is BrCc1cc2ccccc2cc1I. The highest BCUT2D eigenvalue weighted by atomic mass is 127. The van der Waals surface area contributed by atoms with Crippen LogP contribution in [0.5, 0.6) is 0 Å². The molecule has 0 aliphatic heterocycles. The van der Waals surface area contributed by atoms with E-state index in [1.165, 1.54) is 19.9 Å². The Morgan fingerprint density at radius 3 is 2.31 bits per heavy atom. The maximum Gasteiger partial charge on any atom is 0.0293 e. The van der Waals surface area contributed by atoms with Crippen LogP contribution in [0, 0.1) is 3.57 Å². The first-order valence-corrected chi connectivity index (χ1v) is 6.24. The first-order chi connectivity index (χ1) is 6.31. The van der Waals surface area contributed by atoms with E-state index in [0.717, 1.165) is 5.33 Å². The second-order valence-corrected chi connectivity index (χ2v) is 4.65. The molecular formula is C11H8BrI. The summed E-state index contributed by atoms with van der Waals surface area (Å²) >= 11 is 5.87. The van der Waals surface area contributed by atoms with Gasteiger partial charge in [-0.25, -0.2) is 0 Å². The molecule has 0 nitrogen and oxygen atoms in total. The second kappa shape index (κ2) is 3.96. The Labute approximate surface area is 99.6 Å². The normalized spacial score (nSPS) is 10.6. The first-order valence-electron chi connectivity index (χ1n) is 4.04. The smallest absolute Gasteiger partial charge is 0.0293 e. The van der Waals surface area contributed by atoms with Gasteiger partial charge in [0.15, 0.2) is 0 Å². The minimum atomic E-state index is 0.927. The highest BCUT2D eigenvalue weighted by molar-refractivity contribution is 14.1. The third-order valence-electron chi connectivity index (χ3n) is 2.06. The number of hydrogen-bond acceptors (Lipinski definition) is 0. The number of halogens is 2. The zero-order valence-corrected chi connectivity index (χ0v) is 10.7. The lowest BCUT2D eigenvalue weighted by molar-refractivity contribution is 1.42. The van der Waals surface area contributed by atoms with Gasteiger partial charge in [0.05, 0.1) is 0 Å². The summed E-state index contributed by atoms with van der Waals surface area (Å²) in [4.78, 5) is 0. The summed E-state index contributed by atoms with van der Waals surface area (Å²) < 4.78 is 1.33. The molecule has 0 saturated carbocycles. The van der Waals surface area contributed by atoms with Crippen LogP contribution in [0.1, 0.15) is 5.56 Å². The molecule has 0 aliphatic rings. The third kappa shape index (κ3) is 1.89. The van der Waals surface area contributed by atoms with E-state index in [-0.39, 0.29) is 0 Å². The van der Waals surface area contributed by atoms with Gasteiger partial charge >= 0.3 is 0 Å². The third-order valence-corrected chi connectivity index (χ3v) is 3.67. The summed E-state index contributed by atoms with van der Waals surface area (Å²) in [6.45, 7) is 0. The number of hydrogen-bond donors (Lipinski definition) is 0. The van der Waals surface area contributed by atoms with Crippen LogP contribution in [0.25, 0.3) is 10.8 Å². The maximum atomic E-state index is 3.49. The molecule has 0 spiro atoms. The predicted molar refractivity (Wildman–Crippen MR) is 69.3 cm³/mol. The van der Waals surface area contributed by atoms with Gasteiger partial charge in [0.1, 0.15) is 0 Å². The van der Waals surface area contributed by atoms with Crippen molar-refractivity contribution in [3.63, 3.8) is 0 Å². The summed E-state index contributed by atoms with van der Waals surface area (Å²) in [5, 5.41) is 3.56. The lowest BCUT2D eigenvalue weighted by Gasteiger charge is -2.03. The number of alkyl halides is 1. The second-order valence-electron chi connectivity index (χ2n) is 2.92. The van der Waals surface area contributed by atoms with Crippen LogP contribution in [0.3, 0.4) is 0 Å². The molecule has 0 atom stereocenters. The van der Waals surface area contributed by atoms with E-state index >= 15 is 0 Å². The molecule has 0 saturated heterocycles. The molecule has 0 amide bonds. The summed E-state index contributed by atoms with van der Waals surface area (Å²) in [7, 11) is 0. The van der Waals surface area contributed by atoms with Gasteiger partial charge in [-0.05, 0) is 51.1 Å². The molecule has 2 heteroatoms. The monoisotopic (exact) mass is 346 g/mol. The van der Waals surface area contributed by atoms with Crippen molar-refractivity contribution in [1.82, 2.24) is 0 Å².